The molecule has 4 rings (SSSR count). The van der Waals surface area contributed by atoms with E-state index in [9.17, 15) is 26.3 Å². The van der Waals surface area contributed by atoms with Gasteiger partial charge in [0.15, 0.2) is 0 Å². The maximum Gasteiger partial charge on any atom is 0.409 e. The largest absolute Gasteiger partial charge is 0.409 e. The van der Waals surface area contributed by atoms with Crippen molar-refractivity contribution in [2.24, 2.45) is 17.8 Å². The molecule has 0 bridgehead atoms. The molecule has 0 amide bonds. The second-order valence-electron chi connectivity index (χ2n) is 9.71. The Labute approximate surface area is 196 Å². The van der Waals surface area contributed by atoms with Crippen LogP contribution in [-0.2, 0) is 0 Å². The summed E-state index contributed by atoms with van der Waals surface area (Å²) in [6.07, 6.45) is 5.72. The van der Waals surface area contributed by atoms with E-state index in [2.05, 4.69) is 13.0 Å². The van der Waals surface area contributed by atoms with Crippen LogP contribution < -0.4 is 0 Å². The molecule has 0 spiro atoms. The molecule has 0 aromatic heterocycles. The molecule has 0 aliphatic heterocycles. The van der Waals surface area contributed by atoms with Gasteiger partial charge < -0.3 is 0 Å². The lowest BCUT2D eigenvalue weighted by Crippen LogP contribution is -2.22. The maximum atomic E-state index is 14.9. The molecule has 1 unspecified atom stereocenters. The second kappa shape index (κ2) is 10.0. The number of alkyl halides is 3. The molecule has 182 valence electrons. The minimum atomic E-state index is -4.69. The Morgan fingerprint density at radius 1 is 0.794 bits per heavy atom. The van der Waals surface area contributed by atoms with E-state index in [1.54, 1.807) is 6.07 Å². The molecule has 34 heavy (non-hydrogen) atoms. The van der Waals surface area contributed by atoms with Crippen molar-refractivity contribution < 1.29 is 26.3 Å². The van der Waals surface area contributed by atoms with Gasteiger partial charge in [-0.25, -0.2) is 13.2 Å². The number of rotatable bonds is 4. The molecule has 2 aromatic carbocycles. The van der Waals surface area contributed by atoms with Crippen molar-refractivity contribution >= 4 is 11.6 Å². The summed E-state index contributed by atoms with van der Waals surface area (Å²) in [5.41, 5.74) is 0.955. The Hall–Kier alpha value is -2.50. The highest BCUT2D eigenvalue weighted by atomic mass is 19.4. The van der Waals surface area contributed by atoms with E-state index in [-0.39, 0.29) is 17.2 Å². The SMILES string of the molecule is CC1CCC(C2CC=C(c3ccc(-c4cc(F)c(/C=C/C(F)(F)F)c(F)c4)c(F)c3)CC2)CC1. The number of benzene rings is 2. The third-order valence-electron chi connectivity index (χ3n) is 7.35. The van der Waals surface area contributed by atoms with E-state index in [0.29, 0.717) is 12.0 Å². The lowest BCUT2D eigenvalue weighted by molar-refractivity contribution is -0.0790. The molecule has 0 N–H and O–H groups in total. The lowest BCUT2D eigenvalue weighted by Gasteiger charge is -2.34. The van der Waals surface area contributed by atoms with Crippen LogP contribution in [0.5, 0.6) is 0 Å². The molecular weight excluding hydrogens is 450 g/mol. The fourth-order valence-electron chi connectivity index (χ4n) is 5.33. The first-order chi connectivity index (χ1) is 16.1. The van der Waals surface area contributed by atoms with Crippen molar-refractivity contribution in [2.75, 3.05) is 0 Å². The van der Waals surface area contributed by atoms with Crippen LogP contribution in [0.4, 0.5) is 26.3 Å². The van der Waals surface area contributed by atoms with Crippen molar-refractivity contribution in [1.29, 1.82) is 0 Å². The van der Waals surface area contributed by atoms with Crippen molar-refractivity contribution in [3.05, 3.63) is 71.1 Å². The summed E-state index contributed by atoms with van der Waals surface area (Å²) in [6, 6.07) is 6.29. The molecule has 6 heteroatoms. The first-order valence-corrected chi connectivity index (χ1v) is 11.8. The summed E-state index contributed by atoms with van der Waals surface area (Å²) in [5.74, 6) is -0.724. The van der Waals surface area contributed by atoms with Gasteiger partial charge >= 0.3 is 6.18 Å². The molecule has 1 atom stereocenters. The summed E-state index contributed by atoms with van der Waals surface area (Å²) in [4.78, 5) is 0. The normalized spacial score (nSPS) is 23.9. The Kier molecular flexibility index (Phi) is 7.25. The van der Waals surface area contributed by atoms with Crippen LogP contribution in [0, 0.1) is 35.2 Å². The quantitative estimate of drug-likeness (QED) is 0.384. The van der Waals surface area contributed by atoms with Crippen molar-refractivity contribution in [1.82, 2.24) is 0 Å². The number of allylic oxidation sites excluding steroid dienone is 3. The minimum absolute atomic E-state index is 0.00138. The molecule has 0 saturated heterocycles. The molecule has 1 fully saturated rings. The van der Waals surface area contributed by atoms with Gasteiger partial charge in [-0.1, -0.05) is 38.0 Å². The fourth-order valence-corrected chi connectivity index (χ4v) is 5.33. The van der Waals surface area contributed by atoms with Gasteiger partial charge in [0.2, 0.25) is 0 Å². The van der Waals surface area contributed by atoms with Gasteiger partial charge in [-0.15, -0.1) is 0 Å². The predicted molar refractivity (Wildman–Crippen MR) is 123 cm³/mol. The number of hydrogen-bond acceptors (Lipinski definition) is 0. The lowest BCUT2D eigenvalue weighted by atomic mass is 9.71. The Bertz CT molecular complexity index is 1060. The Morgan fingerprint density at radius 3 is 2.00 bits per heavy atom. The minimum Gasteiger partial charge on any atom is -0.206 e. The van der Waals surface area contributed by atoms with E-state index in [0.717, 1.165) is 54.4 Å². The van der Waals surface area contributed by atoms with Crippen LogP contribution in [-0.4, -0.2) is 6.18 Å². The van der Waals surface area contributed by atoms with Gasteiger partial charge in [0.05, 0.1) is 0 Å². The third-order valence-corrected chi connectivity index (χ3v) is 7.35. The first kappa shape index (κ1) is 24.6. The van der Waals surface area contributed by atoms with Crippen molar-refractivity contribution in [3.8, 4) is 11.1 Å². The molecule has 0 heterocycles. The zero-order chi connectivity index (χ0) is 24.5. The molecule has 1 saturated carbocycles. The van der Waals surface area contributed by atoms with Crippen LogP contribution in [0.15, 0.2) is 42.5 Å². The average Bonchev–Trinajstić information content (AvgIpc) is 2.78. The second-order valence-corrected chi connectivity index (χ2v) is 9.71. The van der Waals surface area contributed by atoms with Crippen LogP contribution >= 0.6 is 0 Å². The Morgan fingerprint density at radius 2 is 1.44 bits per heavy atom. The molecule has 2 aromatic rings. The molecule has 0 nitrogen and oxygen atoms in total. The van der Waals surface area contributed by atoms with E-state index in [1.807, 2.05) is 0 Å². The van der Waals surface area contributed by atoms with Crippen molar-refractivity contribution in [2.45, 2.75) is 58.0 Å². The van der Waals surface area contributed by atoms with Crippen molar-refractivity contribution in [3.63, 3.8) is 0 Å². The summed E-state index contributed by atoms with van der Waals surface area (Å²) >= 11 is 0. The van der Waals surface area contributed by atoms with Gasteiger partial charge in [0.1, 0.15) is 17.5 Å². The number of hydrogen-bond donors (Lipinski definition) is 0. The average molecular weight is 479 g/mol. The van der Waals surface area contributed by atoms with Gasteiger partial charge in [-0.2, -0.15) is 13.2 Å². The summed E-state index contributed by atoms with van der Waals surface area (Å²) in [5, 5.41) is 0. The predicted octanol–water partition coefficient (Wildman–Crippen LogP) is 9.36. The highest BCUT2D eigenvalue weighted by molar-refractivity contribution is 5.72. The fraction of sp³-hybridized carbons (Fsp3) is 0.429. The molecule has 0 radical (unpaired) electrons. The van der Waals surface area contributed by atoms with E-state index >= 15 is 0 Å². The van der Waals surface area contributed by atoms with E-state index < -0.39 is 29.2 Å². The van der Waals surface area contributed by atoms with Crippen LogP contribution in [0.25, 0.3) is 22.8 Å². The van der Waals surface area contributed by atoms with Crippen LogP contribution in [0.1, 0.15) is 63.0 Å². The maximum absolute atomic E-state index is 14.9. The summed E-state index contributed by atoms with van der Waals surface area (Å²) in [7, 11) is 0. The molecule has 2 aliphatic carbocycles. The standard InChI is InChI=1S/C28H28F6/c1-17-2-4-18(5-3-17)19-6-8-20(9-7-19)21-10-11-23(25(29)14-21)22-15-26(30)24(27(31)16-22)12-13-28(32,33)34/h8,10-19H,2-7,9H2,1H3/b13-12+. The first-order valence-electron chi connectivity index (χ1n) is 11.8. The summed E-state index contributed by atoms with van der Waals surface area (Å²) < 4.78 is 80.5. The van der Waals surface area contributed by atoms with Crippen LogP contribution in [0.2, 0.25) is 0 Å². The zero-order valence-corrected chi connectivity index (χ0v) is 19.1. The van der Waals surface area contributed by atoms with Gasteiger partial charge in [-0.05, 0) is 90.8 Å². The highest BCUT2D eigenvalue weighted by Gasteiger charge is 2.28. The highest BCUT2D eigenvalue weighted by Crippen LogP contribution is 2.41. The van der Waals surface area contributed by atoms with Gasteiger partial charge in [-0.3, -0.25) is 0 Å². The van der Waals surface area contributed by atoms with E-state index in [1.165, 1.54) is 37.8 Å². The molecular formula is C28H28F6. The number of halogens is 6. The monoisotopic (exact) mass is 478 g/mol. The van der Waals surface area contributed by atoms with E-state index in [4.69, 9.17) is 0 Å². The van der Waals surface area contributed by atoms with Gasteiger partial charge in [0, 0.05) is 17.2 Å². The zero-order valence-electron chi connectivity index (χ0n) is 19.1. The van der Waals surface area contributed by atoms with Gasteiger partial charge in [0.25, 0.3) is 0 Å². The van der Waals surface area contributed by atoms with Crippen LogP contribution in [0.3, 0.4) is 0 Å². The topological polar surface area (TPSA) is 0 Å². The summed E-state index contributed by atoms with van der Waals surface area (Å²) in [6.45, 7) is 2.31. The third kappa shape index (κ3) is 5.76. The molecule has 2 aliphatic rings. The Balaban J connectivity index is 1.50. The smallest absolute Gasteiger partial charge is 0.206 e.